The normalized spacial score (nSPS) is 21.3. The van der Waals surface area contributed by atoms with E-state index in [0.29, 0.717) is 6.04 Å². The van der Waals surface area contributed by atoms with Crippen LogP contribution in [0.25, 0.3) is 0 Å². The molecule has 1 aliphatic rings. The molecule has 0 spiro atoms. The molecule has 100 valence electrons. The number of rotatable bonds is 3. The number of nitrogens with zero attached hydrogens (tertiary/aromatic N) is 2. The number of benzene rings is 1. The Balaban J connectivity index is 2.16. The number of anilines is 1. The molecule has 0 saturated carbocycles. The summed E-state index contributed by atoms with van der Waals surface area (Å²) in [5.41, 5.74) is 3.58. The van der Waals surface area contributed by atoms with E-state index in [-0.39, 0.29) is 6.61 Å². The third kappa shape index (κ3) is 2.68. The Morgan fingerprint density at radius 3 is 2.72 bits per heavy atom. The Labute approximate surface area is 110 Å². The molecule has 1 saturated heterocycles. The molecule has 0 aliphatic carbocycles. The van der Waals surface area contributed by atoms with Crippen molar-refractivity contribution in [1.29, 1.82) is 0 Å². The Morgan fingerprint density at radius 2 is 2.11 bits per heavy atom. The van der Waals surface area contributed by atoms with Gasteiger partial charge in [-0.05, 0) is 37.6 Å². The summed E-state index contributed by atoms with van der Waals surface area (Å²) in [5, 5.41) is 9.16. The van der Waals surface area contributed by atoms with E-state index in [9.17, 15) is 0 Å². The number of likely N-dealkylation sites (N-methyl/N-ethyl adjacent to an activating group) is 1. The van der Waals surface area contributed by atoms with Crippen molar-refractivity contribution in [1.82, 2.24) is 4.90 Å². The van der Waals surface area contributed by atoms with Crippen LogP contribution in [0.4, 0.5) is 5.69 Å². The predicted octanol–water partition coefficient (Wildman–Crippen LogP) is 2.02. The van der Waals surface area contributed by atoms with E-state index in [1.54, 1.807) is 0 Å². The monoisotopic (exact) mass is 248 g/mol. The van der Waals surface area contributed by atoms with Crippen molar-refractivity contribution in [3.8, 4) is 0 Å². The summed E-state index contributed by atoms with van der Waals surface area (Å²) in [4.78, 5) is 4.93. The van der Waals surface area contributed by atoms with Crippen molar-refractivity contribution in [2.24, 2.45) is 0 Å². The van der Waals surface area contributed by atoms with E-state index in [1.807, 2.05) is 6.07 Å². The average Bonchev–Trinajstić information content (AvgIpc) is 2.39. The lowest BCUT2D eigenvalue weighted by Crippen LogP contribution is -2.51. The molecule has 0 radical (unpaired) electrons. The molecule has 1 unspecified atom stereocenters. The minimum Gasteiger partial charge on any atom is -0.392 e. The molecule has 0 aromatic heterocycles. The van der Waals surface area contributed by atoms with Crippen molar-refractivity contribution in [2.75, 3.05) is 31.6 Å². The maximum Gasteiger partial charge on any atom is 0.0681 e. The van der Waals surface area contributed by atoms with Crippen molar-refractivity contribution in [3.05, 3.63) is 29.3 Å². The molecule has 18 heavy (non-hydrogen) atoms. The molecule has 3 heteroatoms. The summed E-state index contributed by atoms with van der Waals surface area (Å²) in [6, 6.07) is 6.92. The maximum atomic E-state index is 9.16. The van der Waals surface area contributed by atoms with Gasteiger partial charge in [-0.25, -0.2) is 0 Å². The zero-order valence-corrected chi connectivity index (χ0v) is 11.7. The number of aliphatic hydroxyl groups is 1. The summed E-state index contributed by atoms with van der Waals surface area (Å²) in [7, 11) is 2.22. The van der Waals surface area contributed by atoms with Crippen LogP contribution in [0, 0.1) is 6.92 Å². The first-order valence-corrected chi connectivity index (χ1v) is 6.81. The molecule has 0 amide bonds. The van der Waals surface area contributed by atoms with Crippen LogP contribution < -0.4 is 4.90 Å². The van der Waals surface area contributed by atoms with Crippen LogP contribution >= 0.6 is 0 Å². The van der Waals surface area contributed by atoms with Gasteiger partial charge in [0.25, 0.3) is 0 Å². The third-order valence-corrected chi connectivity index (χ3v) is 4.03. The SMILES string of the molecule is CCC1CN(c2ccc(CO)cc2C)CCN1C. The van der Waals surface area contributed by atoms with Crippen molar-refractivity contribution < 1.29 is 5.11 Å². The highest BCUT2D eigenvalue weighted by Gasteiger charge is 2.23. The molecular weight excluding hydrogens is 224 g/mol. The van der Waals surface area contributed by atoms with Gasteiger partial charge in [0.1, 0.15) is 0 Å². The molecule has 1 atom stereocenters. The lowest BCUT2D eigenvalue weighted by molar-refractivity contribution is 0.213. The van der Waals surface area contributed by atoms with Gasteiger partial charge in [0.05, 0.1) is 6.61 Å². The highest BCUT2D eigenvalue weighted by molar-refractivity contribution is 5.55. The maximum absolute atomic E-state index is 9.16. The molecule has 2 rings (SSSR count). The zero-order chi connectivity index (χ0) is 13.1. The van der Waals surface area contributed by atoms with Crippen LogP contribution in [0.5, 0.6) is 0 Å². The first-order valence-electron chi connectivity index (χ1n) is 6.81. The Morgan fingerprint density at radius 1 is 1.33 bits per heavy atom. The van der Waals surface area contributed by atoms with Crippen LogP contribution in [-0.2, 0) is 6.61 Å². The predicted molar refractivity (Wildman–Crippen MR) is 76.0 cm³/mol. The van der Waals surface area contributed by atoms with Gasteiger partial charge in [0, 0.05) is 31.4 Å². The summed E-state index contributed by atoms with van der Waals surface area (Å²) >= 11 is 0. The number of aliphatic hydroxyl groups excluding tert-OH is 1. The molecule has 1 fully saturated rings. The average molecular weight is 248 g/mol. The van der Waals surface area contributed by atoms with Gasteiger partial charge in [-0.1, -0.05) is 19.1 Å². The van der Waals surface area contributed by atoms with E-state index in [4.69, 9.17) is 5.11 Å². The number of hydrogen-bond donors (Lipinski definition) is 1. The Kier molecular flexibility index (Phi) is 4.25. The first kappa shape index (κ1) is 13.4. The summed E-state index contributed by atoms with van der Waals surface area (Å²) < 4.78 is 0. The second kappa shape index (κ2) is 5.72. The third-order valence-electron chi connectivity index (χ3n) is 4.03. The smallest absolute Gasteiger partial charge is 0.0681 e. The first-order chi connectivity index (χ1) is 8.65. The lowest BCUT2D eigenvalue weighted by Gasteiger charge is -2.41. The fourth-order valence-corrected chi connectivity index (χ4v) is 2.78. The van der Waals surface area contributed by atoms with Crippen LogP contribution in [0.1, 0.15) is 24.5 Å². The molecule has 3 nitrogen and oxygen atoms in total. The molecule has 1 aromatic carbocycles. The van der Waals surface area contributed by atoms with E-state index >= 15 is 0 Å². The van der Waals surface area contributed by atoms with E-state index in [1.165, 1.54) is 17.7 Å². The molecule has 1 N–H and O–H groups in total. The van der Waals surface area contributed by atoms with Gasteiger partial charge >= 0.3 is 0 Å². The van der Waals surface area contributed by atoms with Gasteiger partial charge in [-0.15, -0.1) is 0 Å². The fourth-order valence-electron chi connectivity index (χ4n) is 2.78. The number of piperazine rings is 1. The largest absolute Gasteiger partial charge is 0.392 e. The van der Waals surface area contributed by atoms with Crippen molar-refractivity contribution >= 4 is 5.69 Å². The van der Waals surface area contributed by atoms with Crippen LogP contribution in [0.3, 0.4) is 0 Å². The Hall–Kier alpha value is -1.06. The summed E-state index contributed by atoms with van der Waals surface area (Å²) in [6.07, 6.45) is 1.20. The highest BCUT2D eigenvalue weighted by Crippen LogP contribution is 2.24. The lowest BCUT2D eigenvalue weighted by atomic mass is 10.1. The van der Waals surface area contributed by atoms with Gasteiger partial charge < -0.3 is 10.0 Å². The summed E-state index contributed by atoms with van der Waals surface area (Å²) in [6.45, 7) is 7.83. The van der Waals surface area contributed by atoms with E-state index < -0.39 is 0 Å². The standard InChI is InChI=1S/C15H24N2O/c1-4-14-10-17(8-7-16(14)3)15-6-5-13(11-18)9-12(15)2/h5-6,9,14,18H,4,7-8,10-11H2,1-3H3. The van der Waals surface area contributed by atoms with Crippen LogP contribution in [0.2, 0.25) is 0 Å². The molecule has 1 aliphatic heterocycles. The zero-order valence-electron chi connectivity index (χ0n) is 11.7. The summed E-state index contributed by atoms with van der Waals surface area (Å²) in [5.74, 6) is 0. The molecule has 1 heterocycles. The second-order valence-electron chi connectivity index (χ2n) is 5.27. The quantitative estimate of drug-likeness (QED) is 0.886. The molecular formula is C15H24N2O. The minimum atomic E-state index is 0.126. The molecule has 1 aromatic rings. The Bertz CT molecular complexity index is 405. The van der Waals surface area contributed by atoms with Crippen molar-refractivity contribution in [3.63, 3.8) is 0 Å². The van der Waals surface area contributed by atoms with Crippen LogP contribution in [0.15, 0.2) is 18.2 Å². The van der Waals surface area contributed by atoms with Gasteiger partial charge in [0.2, 0.25) is 0 Å². The second-order valence-corrected chi connectivity index (χ2v) is 5.27. The van der Waals surface area contributed by atoms with Gasteiger partial charge in [0.15, 0.2) is 0 Å². The number of aryl methyl sites for hydroxylation is 1. The van der Waals surface area contributed by atoms with Crippen molar-refractivity contribution in [2.45, 2.75) is 32.9 Å². The number of hydrogen-bond acceptors (Lipinski definition) is 3. The topological polar surface area (TPSA) is 26.7 Å². The van der Waals surface area contributed by atoms with Gasteiger partial charge in [-0.2, -0.15) is 0 Å². The van der Waals surface area contributed by atoms with E-state index in [2.05, 4.69) is 42.8 Å². The molecule has 0 bridgehead atoms. The fraction of sp³-hybridized carbons (Fsp3) is 0.600. The highest BCUT2D eigenvalue weighted by atomic mass is 16.3. The van der Waals surface area contributed by atoms with Crippen LogP contribution in [-0.4, -0.2) is 42.7 Å². The van der Waals surface area contributed by atoms with Gasteiger partial charge in [-0.3, -0.25) is 4.90 Å². The van der Waals surface area contributed by atoms with E-state index in [0.717, 1.165) is 25.2 Å². The minimum absolute atomic E-state index is 0.126.